The number of methoxy groups -OCH3 is 1. The van der Waals surface area contributed by atoms with Crippen LogP contribution in [0.2, 0.25) is 0 Å². The molecule has 0 saturated heterocycles. The lowest BCUT2D eigenvalue weighted by atomic mass is 10.2. The molecule has 1 atom stereocenters. The summed E-state index contributed by atoms with van der Waals surface area (Å²) in [6, 6.07) is 28.6. The Morgan fingerprint density at radius 2 is 1.46 bits per heavy atom. The first-order valence-corrected chi connectivity index (χ1v) is 10.0. The zero-order valence-electron chi connectivity index (χ0n) is 15.8. The van der Waals surface area contributed by atoms with Gasteiger partial charge < -0.3 is 4.74 Å². The van der Waals surface area contributed by atoms with Gasteiger partial charge >= 0.3 is 0 Å². The number of nitrogens with zero attached hydrogens (tertiary/aromatic N) is 3. The topological polar surface area (TPSA) is 39.9 Å². The maximum atomic E-state index is 5.28. The molecule has 0 saturated carbocycles. The fourth-order valence-corrected chi connectivity index (χ4v) is 4.03. The van der Waals surface area contributed by atoms with Crippen molar-refractivity contribution in [3.8, 4) is 22.8 Å². The smallest absolute Gasteiger partial charge is 0.196 e. The molecule has 3 aromatic carbocycles. The van der Waals surface area contributed by atoms with E-state index in [1.807, 2.05) is 48.5 Å². The number of rotatable bonds is 6. The van der Waals surface area contributed by atoms with Crippen molar-refractivity contribution >= 4 is 11.8 Å². The SMILES string of the molecule is COc1ccc(-c2nnc(SC(C)c3ccccc3)n2-c2ccccc2)cc1. The van der Waals surface area contributed by atoms with Crippen LogP contribution >= 0.6 is 11.8 Å². The second-order valence-corrected chi connectivity index (χ2v) is 7.68. The van der Waals surface area contributed by atoms with Gasteiger partial charge in [0.05, 0.1) is 7.11 Å². The Labute approximate surface area is 169 Å². The third-order valence-corrected chi connectivity index (χ3v) is 5.65. The van der Waals surface area contributed by atoms with E-state index in [4.69, 9.17) is 4.74 Å². The molecule has 0 radical (unpaired) electrons. The first-order chi connectivity index (χ1) is 13.8. The number of benzene rings is 3. The van der Waals surface area contributed by atoms with Crippen molar-refractivity contribution in [2.45, 2.75) is 17.3 Å². The van der Waals surface area contributed by atoms with Gasteiger partial charge in [-0.15, -0.1) is 10.2 Å². The molecule has 1 heterocycles. The van der Waals surface area contributed by atoms with Crippen LogP contribution in [0.1, 0.15) is 17.7 Å². The maximum absolute atomic E-state index is 5.28. The van der Waals surface area contributed by atoms with Crippen LogP contribution in [0.25, 0.3) is 17.1 Å². The second kappa shape index (κ2) is 8.31. The van der Waals surface area contributed by atoms with Gasteiger partial charge in [-0.1, -0.05) is 60.3 Å². The molecule has 0 aliphatic rings. The molecule has 0 bridgehead atoms. The van der Waals surface area contributed by atoms with Gasteiger partial charge in [-0.3, -0.25) is 4.57 Å². The Morgan fingerprint density at radius 3 is 2.11 bits per heavy atom. The van der Waals surface area contributed by atoms with Crippen LogP contribution in [-0.2, 0) is 0 Å². The lowest BCUT2D eigenvalue weighted by molar-refractivity contribution is 0.415. The summed E-state index contributed by atoms with van der Waals surface area (Å²) in [5, 5.41) is 10.2. The van der Waals surface area contributed by atoms with Crippen molar-refractivity contribution in [3.63, 3.8) is 0 Å². The summed E-state index contributed by atoms with van der Waals surface area (Å²) >= 11 is 1.71. The Kier molecular flexibility index (Phi) is 5.44. The van der Waals surface area contributed by atoms with E-state index in [0.717, 1.165) is 28.0 Å². The van der Waals surface area contributed by atoms with Gasteiger partial charge in [-0.25, -0.2) is 0 Å². The van der Waals surface area contributed by atoms with Crippen molar-refractivity contribution in [1.82, 2.24) is 14.8 Å². The summed E-state index contributed by atoms with van der Waals surface area (Å²) in [6.45, 7) is 2.19. The van der Waals surface area contributed by atoms with Crippen molar-refractivity contribution < 1.29 is 4.74 Å². The largest absolute Gasteiger partial charge is 0.497 e. The van der Waals surface area contributed by atoms with E-state index >= 15 is 0 Å². The van der Waals surface area contributed by atoms with Gasteiger partial charge in [0.15, 0.2) is 11.0 Å². The average molecular weight is 388 g/mol. The van der Waals surface area contributed by atoms with Crippen LogP contribution < -0.4 is 4.74 Å². The molecular weight excluding hydrogens is 366 g/mol. The van der Waals surface area contributed by atoms with Gasteiger partial charge in [-0.05, 0) is 48.9 Å². The van der Waals surface area contributed by atoms with Gasteiger partial charge in [-0.2, -0.15) is 0 Å². The van der Waals surface area contributed by atoms with Gasteiger partial charge in [0.2, 0.25) is 0 Å². The monoisotopic (exact) mass is 387 g/mol. The minimum Gasteiger partial charge on any atom is -0.497 e. The second-order valence-electron chi connectivity index (χ2n) is 6.38. The quantitative estimate of drug-likeness (QED) is 0.392. The van der Waals surface area contributed by atoms with Crippen LogP contribution in [0, 0.1) is 0 Å². The highest BCUT2D eigenvalue weighted by Crippen LogP contribution is 2.37. The van der Waals surface area contributed by atoms with E-state index < -0.39 is 0 Å². The van der Waals surface area contributed by atoms with Crippen LogP contribution in [0.15, 0.2) is 90.1 Å². The van der Waals surface area contributed by atoms with E-state index in [0.29, 0.717) is 0 Å². The first kappa shape index (κ1) is 18.3. The van der Waals surface area contributed by atoms with Crippen LogP contribution in [0.4, 0.5) is 0 Å². The predicted molar refractivity (Wildman–Crippen MR) is 114 cm³/mol. The van der Waals surface area contributed by atoms with Crippen molar-refractivity contribution in [1.29, 1.82) is 0 Å². The van der Waals surface area contributed by atoms with Crippen LogP contribution in [0.5, 0.6) is 5.75 Å². The van der Waals surface area contributed by atoms with Gasteiger partial charge in [0.1, 0.15) is 5.75 Å². The van der Waals surface area contributed by atoms with E-state index in [1.54, 1.807) is 18.9 Å². The van der Waals surface area contributed by atoms with Gasteiger partial charge in [0, 0.05) is 16.5 Å². The standard InChI is InChI=1S/C23H21N3OS/c1-17(18-9-5-3-6-10-18)28-23-25-24-22(19-13-15-21(27-2)16-14-19)26(23)20-11-7-4-8-12-20/h3-17H,1-2H3. The normalized spacial score (nSPS) is 11.9. The summed E-state index contributed by atoms with van der Waals surface area (Å²) in [5.74, 6) is 1.64. The predicted octanol–water partition coefficient (Wildman–Crippen LogP) is 5.80. The Balaban J connectivity index is 1.75. The van der Waals surface area contributed by atoms with Crippen molar-refractivity contribution in [2.24, 2.45) is 0 Å². The van der Waals surface area contributed by atoms with Crippen molar-refractivity contribution in [2.75, 3.05) is 7.11 Å². The Bertz CT molecular complexity index is 1030. The molecular formula is C23H21N3OS. The highest BCUT2D eigenvalue weighted by atomic mass is 32.2. The number of ether oxygens (including phenoxy) is 1. The number of para-hydroxylation sites is 1. The Hall–Kier alpha value is -3.05. The zero-order chi connectivity index (χ0) is 19.3. The molecule has 140 valence electrons. The summed E-state index contributed by atoms with van der Waals surface area (Å²) in [5.41, 5.74) is 3.30. The molecule has 1 unspecified atom stereocenters. The highest BCUT2D eigenvalue weighted by Gasteiger charge is 2.19. The molecule has 4 nitrogen and oxygen atoms in total. The van der Waals surface area contributed by atoms with Crippen LogP contribution in [0.3, 0.4) is 0 Å². The molecule has 0 amide bonds. The molecule has 0 spiro atoms. The lowest BCUT2D eigenvalue weighted by Crippen LogP contribution is -2.00. The molecule has 5 heteroatoms. The van der Waals surface area contributed by atoms with Gasteiger partial charge in [0.25, 0.3) is 0 Å². The molecule has 4 rings (SSSR count). The summed E-state index contributed by atoms with van der Waals surface area (Å²) in [6.07, 6.45) is 0. The first-order valence-electron chi connectivity index (χ1n) is 9.13. The zero-order valence-corrected chi connectivity index (χ0v) is 16.6. The van der Waals surface area contributed by atoms with E-state index in [9.17, 15) is 0 Å². The fourth-order valence-electron chi connectivity index (χ4n) is 3.03. The molecule has 1 aromatic heterocycles. The minimum atomic E-state index is 0.261. The van der Waals surface area contributed by atoms with E-state index in [-0.39, 0.29) is 5.25 Å². The average Bonchev–Trinajstić information content (AvgIpc) is 3.18. The molecule has 0 fully saturated rings. The highest BCUT2D eigenvalue weighted by molar-refractivity contribution is 7.99. The van der Waals surface area contributed by atoms with Crippen LogP contribution in [-0.4, -0.2) is 21.9 Å². The van der Waals surface area contributed by atoms with Crippen molar-refractivity contribution in [3.05, 3.63) is 90.5 Å². The maximum Gasteiger partial charge on any atom is 0.196 e. The molecule has 4 aromatic rings. The Morgan fingerprint density at radius 1 is 0.821 bits per heavy atom. The fraction of sp³-hybridized carbons (Fsp3) is 0.130. The number of aromatic nitrogens is 3. The molecule has 0 N–H and O–H groups in total. The summed E-state index contributed by atoms with van der Waals surface area (Å²) in [7, 11) is 1.67. The molecule has 0 aliphatic heterocycles. The van der Waals surface area contributed by atoms with E-state index in [2.05, 4.69) is 58.1 Å². The molecule has 0 aliphatic carbocycles. The third kappa shape index (κ3) is 3.80. The summed E-state index contributed by atoms with van der Waals surface area (Å²) in [4.78, 5) is 0. The third-order valence-electron chi connectivity index (χ3n) is 4.55. The number of hydrogen-bond donors (Lipinski definition) is 0. The summed E-state index contributed by atoms with van der Waals surface area (Å²) < 4.78 is 7.40. The molecule has 28 heavy (non-hydrogen) atoms. The van der Waals surface area contributed by atoms with E-state index in [1.165, 1.54) is 5.56 Å². The minimum absolute atomic E-state index is 0.261. The number of hydrogen-bond acceptors (Lipinski definition) is 4. The number of thioether (sulfide) groups is 1. The lowest BCUT2D eigenvalue weighted by Gasteiger charge is -2.14.